The molecule has 2 aromatic rings. The number of piperidine rings is 1. The number of halogens is 1. The highest BCUT2D eigenvalue weighted by Crippen LogP contribution is 2.33. The van der Waals surface area contributed by atoms with Crippen LogP contribution in [0, 0.1) is 17.7 Å². The highest BCUT2D eigenvalue weighted by atomic mass is 19.1. The number of likely N-dealkylation sites (tertiary alicyclic amines) is 2. The number of hydrogen-bond acceptors (Lipinski definition) is 4. The molecule has 1 N–H and O–H groups in total. The molecule has 3 heterocycles. The molecule has 1 amide bonds. The Bertz CT molecular complexity index is 823. The predicted molar refractivity (Wildman–Crippen MR) is 112 cm³/mol. The minimum atomic E-state index is -0.332. The molecule has 0 bridgehead atoms. The molecular weight excluding hydrogens is 367 g/mol. The molecule has 5 nitrogen and oxygen atoms in total. The van der Waals surface area contributed by atoms with E-state index < -0.39 is 0 Å². The van der Waals surface area contributed by atoms with E-state index in [1.807, 2.05) is 18.3 Å². The average Bonchev–Trinajstić information content (AvgIpc) is 3.11. The first-order chi connectivity index (χ1) is 14.1. The fourth-order valence-electron chi connectivity index (χ4n) is 4.80. The van der Waals surface area contributed by atoms with Gasteiger partial charge in [0.2, 0.25) is 5.91 Å². The molecule has 2 fully saturated rings. The van der Waals surface area contributed by atoms with E-state index in [0.29, 0.717) is 17.6 Å². The topological polar surface area (TPSA) is 48.5 Å². The first kappa shape index (κ1) is 20.0. The Hall–Kier alpha value is -2.31. The van der Waals surface area contributed by atoms with Crippen LogP contribution in [-0.4, -0.2) is 53.4 Å². The maximum Gasteiger partial charge on any atom is 0.228 e. The van der Waals surface area contributed by atoms with Crippen LogP contribution >= 0.6 is 0 Å². The monoisotopic (exact) mass is 396 g/mol. The lowest BCUT2D eigenvalue weighted by atomic mass is 9.86. The second-order valence-electron chi connectivity index (χ2n) is 8.37. The van der Waals surface area contributed by atoms with Gasteiger partial charge in [-0.3, -0.25) is 14.7 Å². The Balaban J connectivity index is 1.28. The molecule has 0 unspecified atom stereocenters. The van der Waals surface area contributed by atoms with Gasteiger partial charge in [0.1, 0.15) is 5.82 Å². The summed E-state index contributed by atoms with van der Waals surface area (Å²) in [6.45, 7) is 3.82. The van der Waals surface area contributed by atoms with Gasteiger partial charge in [-0.2, -0.15) is 0 Å². The van der Waals surface area contributed by atoms with Crippen LogP contribution in [0.15, 0.2) is 48.7 Å². The van der Waals surface area contributed by atoms with Crippen molar-refractivity contribution >= 4 is 11.6 Å². The van der Waals surface area contributed by atoms with Gasteiger partial charge in [0, 0.05) is 31.0 Å². The number of pyridine rings is 1. The minimum absolute atomic E-state index is 0.00228. The molecule has 1 aromatic heterocycles. The Morgan fingerprint density at radius 2 is 2.03 bits per heavy atom. The lowest BCUT2D eigenvalue weighted by Gasteiger charge is -2.37. The largest absolute Gasteiger partial charge is 0.326 e. The third kappa shape index (κ3) is 5.00. The van der Waals surface area contributed by atoms with E-state index >= 15 is 0 Å². The maximum atomic E-state index is 13.4. The third-order valence-corrected chi connectivity index (χ3v) is 6.35. The van der Waals surface area contributed by atoms with Crippen molar-refractivity contribution < 1.29 is 9.18 Å². The van der Waals surface area contributed by atoms with Crippen molar-refractivity contribution in [3.8, 4) is 0 Å². The summed E-state index contributed by atoms with van der Waals surface area (Å²) in [6, 6.07) is 12.6. The van der Waals surface area contributed by atoms with Crippen molar-refractivity contribution in [1.82, 2.24) is 14.8 Å². The molecule has 2 saturated heterocycles. The van der Waals surface area contributed by atoms with E-state index in [2.05, 4.69) is 33.2 Å². The highest BCUT2D eigenvalue weighted by Gasteiger charge is 2.39. The van der Waals surface area contributed by atoms with Crippen LogP contribution < -0.4 is 5.32 Å². The SMILES string of the molecule is CN1C[C@@H](C(=O)Nc2cccc(F)c2)C[C@@H]1C1CCN(Cc2ccccn2)CC1. The molecule has 154 valence electrons. The van der Waals surface area contributed by atoms with Gasteiger partial charge in [0.15, 0.2) is 0 Å². The van der Waals surface area contributed by atoms with Gasteiger partial charge >= 0.3 is 0 Å². The van der Waals surface area contributed by atoms with Crippen LogP contribution in [0.3, 0.4) is 0 Å². The summed E-state index contributed by atoms with van der Waals surface area (Å²) in [5.74, 6) is 0.242. The number of anilines is 1. The standard InChI is InChI=1S/C23H29FN4O/c1-27-15-18(23(29)26-20-7-4-5-19(24)14-20)13-22(27)17-8-11-28(12-9-17)16-21-6-2-3-10-25-21/h2-7,10,14,17-18,22H,8-9,11-13,15-16H2,1H3,(H,26,29)/t18-,22+/m0/s1. The zero-order valence-electron chi connectivity index (χ0n) is 16.9. The molecule has 2 atom stereocenters. The van der Waals surface area contributed by atoms with E-state index in [9.17, 15) is 9.18 Å². The highest BCUT2D eigenvalue weighted by molar-refractivity contribution is 5.92. The van der Waals surface area contributed by atoms with Gasteiger partial charge in [-0.1, -0.05) is 12.1 Å². The fraction of sp³-hybridized carbons (Fsp3) is 0.478. The van der Waals surface area contributed by atoms with Gasteiger partial charge < -0.3 is 10.2 Å². The van der Waals surface area contributed by atoms with E-state index in [1.165, 1.54) is 12.1 Å². The van der Waals surface area contributed by atoms with E-state index in [4.69, 9.17) is 0 Å². The number of nitrogens with zero attached hydrogens (tertiary/aromatic N) is 3. The molecule has 4 rings (SSSR count). The van der Waals surface area contributed by atoms with Crippen LogP contribution in [0.5, 0.6) is 0 Å². The summed E-state index contributed by atoms with van der Waals surface area (Å²) >= 11 is 0. The minimum Gasteiger partial charge on any atom is -0.326 e. The van der Waals surface area contributed by atoms with Crippen LogP contribution in [0.2, 0.25) is 0 Å². The first-order valence-corrected chi connectivity index (χ1v) is 10.5. The molecular formula is C23H29FN4O. The Labute approximate surface area is 171 Å². The first-order valence-electron chi connectivity index (χ1n) is 10.5. The number of aromatic nitrogens is 1. The van der Waals surface area contributed by atoms with E-state index in [-0.39, 0.29) is 17.6 Å². The fourth-order valence-corrected chi connectivity index (χ4v) is 4.80. The summed E-state index contributed by atoms with van der Waals surface area (Å²) in [4.78, 5) is 21.9. The third-order valence-electron chi connectivity index (χ3n) is 6.35. The number of carbonyl (C=O) groups excluding carboxylic acids is 1. The van der Waals surface area contributed by atoms with Crippen molar-refractivity contribution in [2.45, 2.75) is 31.8 Å². The number of benzene rings is 1. The molecule has 0 radical (unpaired) electrons. The smallest absolute Gasteiger partial charge is 0.228 e. The summed E-state index contributed by atoms with van der Waals surface area (Å²) < 4.78 is 13.4. The van der Waals surface area contributed by atoms with E-state index in [0.717, 1.165) is 51.1 Å². The predicted octanol–water partition coefficient (Wildman–Crippen LogP) is 3.39. The molecule has 1 aromatic carbocycles. The number of amides is 1. The Morgan fingerprint density at radius 1 is 1.21 bits per heavy atom. The average molecular weight is 397 g/mol. The Morgan fingerprint density at radius 3 is 2.76 bits per heavy atom. The summed E-state index contributed by atoms with van der Waals surface area (Å²) in [6.07, 6.45) is 5.04. The van der Waals surface area contributed by atoms with Crippen molar-refractivity contribution in [2.75, 3.05) is 32.0 Å². The summed E-state index contributed by atoms with van der Waals surface area (Å²) in [5.41, 5.74) is 1.65. The molecule has 0 aliphatic carbocycles. The van der Waals surface area contributed by atoms with Crippen molar-refractivity contribution in [2.24, 2.45) is 11.8 Å². The normalized spacial score (nSPS) is 23.9. The van der Waals surface area contributed by atoms with Crippen molar-refractivity contribution in [3.63, 3.8) is 0 Å². The number of rotatable bonds is 5. The summed E-state index contributed by atoms with van der Waals surface area (Å²) in [7, 11) is 2.13. The Kier molecular flexibility index (Phi) is 6.21. The van der Waals surface area contributed by atoms with Crippen LogP contribution in [0.4, 0.5) is 10.1 Å². The van der Waals surface area contributed by atoms with Crippen LogP contribution in [-0.2, 0) is 11.3 Å². The maximum absolute atomic E-state index is 13.4. The van der Waals surface area contributed by atoms with Crippen LogP contribution in [0.1, 0.15) is 25.0 Å². The van der Waals surface area contributed by atoms with Gasteiger partial charge in [-0.05, 0) is 75.6 Å². The van der Waals surface area contributed by atoms with Crippen molar-refractivity contribution in [1.29, 1.82) is 0 Å². The lowest BCUT2D eigenvalue weighted by Crippen LogP contribution is -2.41. The number of nitrogens with one attached hydrogen (secondary N) is 1. The molecule has 0 spiro atoms. The number of hydrogen-bond donors (Lipinski definition) is 1. The summed E-state index contributed by atoms with van der Waals surface area (Å²) in [5, 5.41) is 2.88. The second-order valence-corrected chi connectivity index (χ2v) is 8.37. The molecule has 2 aliphatic rings. The van der Waals surface area contributed by atoms with Crippen LogP contribution in [0.25, 0.3) is 0 Å². The van der Waals surface area contributed by atoms with Gasteiger partial charge in [0.25, 0.3) is 0 Å². The molecule has 6 heteroatoms. The van der Waals surface area contributed by atoms with Gasteiger partial charge in [0.05, 0.1) is 11.6 Å². The number of carbonyl (C=O) groups is 1. The molecule has 2 aliphatic heterocycles. The lowest BCUT2D eigenvalue weighted by molar-refractivity contribution is -0.119. The van der Waals surface area contributed by atoms with E-state index in [1.54, 1.807) is 12.1 Å². The zero-order valence-corrected chi connectivity index (χ0v) is 16.9. The van der Waals surface area contributed by atoms with Gasteiger partial charge in [-0.15, -0.1) is 0 Å². The van der Waals surface area contributed by atoms with Gasteiger partial charge in [-0.25, -0.2) is 4.39 Å². The van der Waals surface area contributed by atoms with Crippen molar-refractivity contribution in [3.05, 3.63) is 60.2 Å². The second kappa shape index (κ2) is 9.01. The quantitative estimate of drug-likeness (QED) is 0.842. The zero-order chi connectivity index (χ0) is 20.2. The molecule has 29 heavy (non-hydrogen) atoms. The molecule has 0 saturated carbocycles.